The van der Waals surface area contributed by atoms with Gasteiger partial charge in [0.2, 0.25) is 0 Å². The second-order valence-corrected chi connectivity index (χ2v) is 5.72. The van der Waals surface area contributed by atoms with Crippen molar-refractivity contribution in [2.45, 2.75) is 25.0 Å². The standard InChI is InChI=1S/C14H19N3OS/c15-14(16)19-10-11-5-4-6-12(9-11)13(18)17-7-2-1-3-8-17/h4-6,9H,1-3,7-8,10H2,(H3,15,16). The van der Waals surface area contributed by atoms with Gasteiger partial charge in [-0.1, -0.05) is 23.9 Å². The first-order chi connectivity index (χ1) is 9.16. The van der Waals surface area contributed by atoms with Crippen LogP contribution < -0.4 is 5.73 Å². The van der Waals surface area contributed by atoms with E-state index in [1.807, 2.05) is 29.2 Å². The summed E-state index contributed by atoms with van der Waals surface area (Å²) in [4.78, 5) is 14.3. The van der Waals surface area contributed by atoms with Gasteiger partial charge in [-0.15, -0.1) is 0 Å². The molecule has 4 nitrogen and oxygen atoms in total. The molecule has 1 fully saturated rings. The number of piperidine rings is 1. The first kappa shape index (κ1) is 13.9. The molecule has 102 valence electrons. The third-order valence-electron chi connectivity index (χ3n) is 3.21. The highest BCUT2D eigenvalue weighted by atomic mass is 32.2. The Bertz CT molecular complexity index is 470. The number of nitrogens with zero attached hydrogens (tertiary/aromatic N) is 1. The quantitative estimate of drug-likeness (QED) is 0.658. The predicted octanol–water partition coefficient (Wildman–Crippen LogP) is 2.44. The molecule has 1 heterocycles. The smallest absolute Gasteiger partial charge is 0.253 e. The summed E-state index contributed by atoms with van der Waals surface area (Å²) < 4.78 is 0. The largest absolute Gasteiger partial charge is 0.379 e. The fourth-order valence-corrected chi connectivity index (χ4v) is 2.74. The number of carbonyl (C=O) groups excluding carboxylic acids is 1. The zero-order chi connectivity index (χ0) is 13.7. The molecule has 0 unspecified atom stereocenters. The van der Waals surface area contributed by atoms with Crippen LogP contribution in [0.1, 0.15) is 35.2 Å². The van der Waals surface area contributed by atoms with Gasteiger partial charge in [-0.05, 0) is 37.0 Å². The zero-order valence-electron chi connectivity index (χ0n) is 10.9. The van der Waals surface area contributed by atoms with Gasteiger partial charge >= 0.3 is 0 Å². The van der Waals surface area contributed by atoms with E-state index in [4.69, 9.17) is 11.1 Å². The van der Waals surface area contributed by atoms with E-state index < -0.39 is 0 Å². The van der Waals surface area contributed by atoms with Crippen LogP contribution in [0.3, 0.4) is 0 Å². The Morgan fingerprint density at radius 3 is 2.74 bits per heavy atom. The molecule has 0 saturated carbocycles. The van der Waals surface area contributed by atoms with Crippen molar-refractivity contribution in [2.24, 2.45) is 5.73 Å². The van der Waals surface area contributed by atoms with Gasteiger partial charge in [0, 0.05) is 24.4 Å². The third kappa shape index (κ3) is 3.99. The third-order valence-corrected chi connectivity index (χ3v) is 4.00. The average Bonchev–Trinajstić information content (AvgIpc) is 2.45. The molecule has 19 heavy (non-hydrogen) atoms. The minimum atomic E-state index is 0.104. The van der Waals surface area contributed by atoms with Crippen LogP contribution in [-0.4, -0.2) is 29.1 Å². The van der Waals surface area contributed by atoms with Crippen molar-refractivity contribution in [1.82, 2.24) is 4.90 Å². The average molecular weight is 277 g/mol. The summed E-state index contributed by atoms with van der Waals surface area (Å²) in [5.41, 5.74) is 7.10. The van der Waals surface area contributed by atoms with Gasteiger partial charge in [-0.2, -0.15) is 0 Å². The molecule has 0 aliphatic carbocycles. The lowest BCUT2D eigenvalue weighted by Gasteiger charge is -2.26. The van der Waals surface area contributed by atoms with Gasteiger partial charge in [-0.3, -0.25) is 10.2 Å². The highest BCUT2D eigenvalue weighted by Crippen LogP contribution is 2.17. The summed E-state index contributed by atoms with van der Waals surface area (Å²) in [5, 5.41) is 7.31. The van der Waals surface area contributed by atoms with Crippen molar-refractivity contribution >= 4 is 22.8 Å². The second kappa shape index (κ2) is 6.61. The number of rotatable bonds is 3. The van der Waals surface area contributed by atoms with E-state index >= 15 is 0 Å². The number of amidine groups is 1. The Kier molecular flexibility index (Phi) is 4.85. The number of hydrogen-bond donors (Lipinski definition) is 2. The minimum absolute atomic E-state index is 0.104. The van der Waals surface area contributed by atoms with Crippen molar-refractivity contribution in [3.63, 3.8) is 0 Å². The fraction of sp³-hybridized carbons (Fsp3) is 0.429. The molecule has 1 amide bonds. The highest BCUT2D eigenvalue weighted by Gasteiger charge is 2.18. The van der Waals surface area contributed by atoms with Gasteiger partial charge < -0.3 is 10.6 Å². The first-order valence-corrected chi connectivity index (χ1v) is 7.50. The molecular weight excluding hydrogens is 258 g/mol. The van der Waals surface area contributed by atoms with E-state index in [0.717, 1.165) is 37.1 Å². The molecular formula is C14H19N3OS. The van der Waals surface area contributed by atoms with Gasteiger partial charge in [-0.25, -0.2) is 0 Å². The lowest BCUT2D eigenvalue weighted by atomic mass is 10.1. The Balaban J connectivity index is 2.04. The SMILES string of the molecule is N=C(N)SCc1cccc(C(=O)N2CCCCC2)c1. The van der Waals surface area contributed by atoms with E-state index in [0.29, 0.717) is 5.75 Å². The van der Waals surface area contributed by atoms with Gasteiger partial charge in [0.25, 0.3) is 5.91 Å². The maximum Gasteiger partial charge on any atom is 0.253 e. The lowest BCUT2D eigenvalue weighted by Crippen LogP contribution is -2.35. The molecule has 0 bridgehead atoms. The molecule has 2 rings (SSSR count). The summed E-state index contributed by atoms with van der Waals surface area (Å²) in [6, 6.07) is 7.63. The van der Waals surface area contributed by atoms with Crippen molar-refractivity contribution in [1.29, 1.82) is 5.41 Å². The first-order valence-electron chi connectivity index (χ1n) is 6.52. The van der Waals surface area contributed by atoms with E-state index in [9.17, 15) is 4.79 Å². The monoisotopic (exact) mass is 277 g/mol. The summed E-state index contributed by atoms with van der Waals surface area (Å²) in [7, 11) is 0. The van der Waals surface area contributed by atoms with Gasteiger partial charge in [0.15, 0.2) is 5.17 Å². The van der Waals surface area contributed by atoms with Crippen molar-refractivity contribution < 1.29 is 4.79 Å². The number of amides is 1. The summed E-state index contributed by atoms with van der Waals surface area (Å²) in [5.74, 6) is 0.755. The molecule has 0 spiro atoms. The molecule has 1 aliphatic heterocycles. The number of thioether (sulfide) groups is 1. The van der Waals surface area contributed by atoms with E-state index in [-0.39, 0.29) is 11.1 Å². The van der Waals surface area contributed by atoms with E-state index in [2.05, 4.69) is 0 Å². The van der Waals surface area contributed by atoms with E-state index in [1.54, 1.807) is 0 Å². The lowest BCUT2D eigenvalue weighted by molar-refractivity contribution is 0.0724. The summed E-state index contributed by atoms with van der Waals surface area (Å²) >= 11 is 1.28. The minimum Gasteiger partial charge on any atom is -0.379 e. The van der Waals surface area contributed by atoms with E-state index in [1.165, 1.54) is 18.2 Å². The maximum atomic E-state index is 12.3. The van der Waals surface area contributed by atoms with Crippen LogP contribution in [0.5, 0.6) is 0 Å². The van der Waals surface area contributed by atoms with Crippen LogP contribution in [0, 0.1) is 5.41 Å². The molecule has 1 aromatic rings. The van der Waals surface area contributed by atoms with Crippen LogP contribution in [0.15, 0.2) is 24.3 Å². The molecule has 3 N–H and O–H groups in total. The molecule has 1 aliphatic rings. The van der Waals surface area contributed by atoms with Crippen LogP contribution in [0.25, 0.3) is 0 Å². The maximum absolute atomic E-state index is 12.3. The number of likely N-dealkylation sites (tertiary alicyclic amines) is 1. The zero-order valence-corrected chi connectivity index (χ0v) is 11.7. The highest BCUT2D eigenvalue weighted by molar-refractivity contribution is 8.13. The summed E-state index contributed by atoms with van der Waals surface area (Å²) in [6.07, 6.45) is 3.43. The van der Waals surface area contributed by atoms with Crippen molar-refractivity contribution in [3.05, 3.63) is 35.4 Å². The second-order valence-electron chi connectivity index (χ2n) is 4.71. The van der Waals surface area contributed by atoms with Crippen LogP contribution >= 0.6 is 11.8 Å². The van der Waals surface area contributed by atoms with Crippen LogP contribution in [-0.2, 0) is 5.75 Å². The normalized spacial score (nSPS) is 15.3. The van der Waals surface area contributed by atoms with Gasteiger partial charge in [0.1, 0.15) is 0 Å². The molecule has 1 saturated heterocycles. The van der Waals surface area contributed by atoms with Crippen LogP contribution in [0.2, 0.25) is 0 Å². The fourth-order valence-electron chi connectivity index (χ4n) is 2.23. The molecule has 0 atom stereocenters. The Labute approximate surface area is 117 Å². The number of hydrogen-bond acceptors (Lipinski definition) is 3. The van der Waals surface area contributed by atoms with Crippen molar-refractivity contribution in [3.8, 4) is 0 Å². The molecule has 0 aromatic heterocycles. The topological polar surface area (TPSA) is 70.2 Å². The Morgan fingerprint density at radius 1 is 1.32 bits per heavy atom. The number of nitrogens with one attached hydrogen (secondary N) is 1. The Morgan fingerprint density at radius 2 is 2.05 bits per heavy atom. The van der Waals surface area contributed by atoms with Crippen molar-refractivity contribution in [2.75, 3.05) is 13.1 Å². The van der Waals surface area contributed by atoms with Crippen LogP contribution in [0.4, 0.5) is 0 Å². The van der Waals surface area contributed by atoms with Gasteiger partial charge in [0.05, 0.1) is 0 Å². The number of nitrogens with two attached hydrogens (primary N) is 1. The predicted molar refractivity (Wildman–Crippen MR) is 79.4 cm³/mol. The number of benzene rings is 1. The molecule has 0 radical (unpaired) electrons. The Hall–Kier alpha value is -1.49. The number of carbonyl (C=O) groups is 1. The molecule has 5 heteroatoms. The summed E-state index contributed by atoms with van der Waals surface area (Å²) in [6.45, 7) is 1.73. The molecule has 1 aromatic carbocycles.